The number of nitrogens with one attached hydrogen (secondary N) is 1. The first kappa shape index (κ1) is 17.3. The standard InChI is InChI=1S/C21H19N3O2/c1-15-11-17(16(2)24(15)19-7-4-3-5-8-19)12-18(13-22)21(25)23-14-20-9-6-10-26-20/h3-12H,14H2,1-2H3,(H,23,25)/b18-12+. The van der Waals surface area contributed by atoms with Crippen LogP contribution >= 0.6 is 0 Å². The van der Waals surface area contributed by atoms with Gasteiger partial charge in [0.25, 0.3) is 5.91 Å². The summed E-state index contributed by atoms with van der Waals surface area (Å²) in [6, 6.07) is 17.4. The highest BCUT2D eigenvalue weighted by Crippen LogP contribution is 2.22. The lowest BCUT2D eigenvalue weighted by atomic mass is 10.1. The number of carbonyl (C=O) groups excluding carboxylic acids is 1. The Hall–Kier alpha value is -3.52. The lowest BCUT2D eigenvalue weighted by Gasteiger charge is -2.09. The van der Waals surface area contributed by atoms with Crippen molar-refractivity contribution >= 4 is 12.0 Å². The molecular formula is C21H19N3O2. The van der Waals surface area contributed by atoms with E-state index >= 15 is 0 Å². The lowest BCUT2D eigenvalue weighted by Crippen LogP contribution is -2.23. The predicted molar refractivity (Wildman–Crippen MR) is 99.4 cm³/mol. The van der Waals surface area contributed by atoms with Crippen molar-refractivity contribution in [3.63, 3.8) is 0 Å². The number of hydrogen-bond acceptors (Lipinski definition) is 3. The third kappa shape index (κ3) is 3.60. The molecule has 26 heavy (non-hydrogen) atoms. The van der Waals surface area contributed by atoms with E-state index < -0.39 is 5.91 Å². The number of nitriles is 1. The molecule has 130 valence electrons. The largest absolute Gasteiger partial charge is 0.467 e. The van der Waals surface area contributed by atoms with Gasteiger partial charge in [0.2, 0.25) is 0 Å². The zero-order valence-corrected chi connectivity index (χ0v) is 14.7. The summed E-state index contributed by atoms with van der Waals surface area (Å²) < 4.78 is 7.28. The summed E-state index contributed by atoms with van der Waals surface area (Å²) in [6.07, 6.45) is 3.17. The Labute approximate surface area is 152 Å². The van der Waals surface area contributed by atoms with Crippen molar-refractivity contribution in [1.29, 1.82) is 5.26 Å². The fourth-order valence-corrected chi connectivity index (χ4v) is 2.89. The highest BCUT2D eigenvalue weighted by atomic mass is 16.3. The summed E-state index contributed by atoms with van der Waals surface area (Å²) in [6.45, 7) is 4.22. The summed E-state index contributed by atoms with van der Waals surface area (Å²) in [4.78, 5) is 12.3. The Morgan fingerprint density at radius 1 is 1.23 bits per heavy atom. The minimum Gasteiger partial charge on any atom is -0.467 e. The van der Waals surface area contributed by atoms with Crippen molar-refractivity contribution in [3.05, 3.63) is 83.1 Å². The number of aryl methyl sites for hydroxylation is 1. The van der Waals surface area contributed by atoms with Gasteiger partial charge in [-0.1, -0.05) is 18.2 Å². The predicted octanol–water partition coefficient (Wildman–Crippen LogP) is 3.91. The van der Waals surface area contributed by atoms with Gasteiger partial charge in [-0.05, 0) is 55.8 Å². The van der Waals surface area contributed by atoms with Crippen molar-refractivity contribution in [2.75, 3.05) is 0 Å². The topological polar surface area (TPSA) is 71.0 Å². The molecule has 0 spiro atoms. The van der Waals surface area contributed by atoms with E-state index in [9.17, 15) is 10.1 Å². The number of nitrogens with zero attached hydrogens (tertiary/aromatic N) is 2. The normalized spacial score (nSPS) is 11.2. The van der Waals surface area contributed by atoms with Gasteiger partial charge in [0.1, 0.15) is 17.4 Å². The Morgan fingerprint density at radius 2 is 2.00 bits per heavy atom. The van der Waals surface area contributed by atoms with Gasteiger partial charge < -0.3 is 14.3 Å². The smallest absolute Gasteiger partial charge is 0.262 e. The number of benzene rings is 1. The molecule has 0 aliphatic heterocycles. The van der Waals surface area contributed by atoms with Crippen LogP contribution in [-0.2, 0) is 11.3 Å². The van der Waals surface area contributed by atoms with Crippen LogP contribution in [-0.4, -0.2) is 10.5 Å². The van der Waals surface area contributed by atoms with Crippen molar-refractivity contribution in [2.24, 2.45) is 0 Å². The van der Waals surface area contributed by atoms with Crippen LogP contribution in [0.4, 0.5) is 0 Å². The average Bonchev–Trinajstić information content (AvgIpc) is 3.26. The van der Waals surface area contributed by atoms with E-state index in [0.29, 0.717) is 5.76 Å². The Bertz CT molecular complexity index is 974. The molecule has 0 atom stereocenters. The average molecular weight is 345 g/mol. The lowest BCUT2D eigenvalue weighted by molar-refractivity contribution is -0.117. The number of para-hydroxylation sites is 1. The summed E-state index contributed by atoms with van der Waals surface area (Å²) >= 11 is 0. The zero-order chi connectivity index (χ0) is 18.5. The van der Waals surface area contributed by atoms with Gasteiger partial charge in [-0.3, -0.25) is 4.79 Å². The first-order chi connectivity index (χ1) is 12.6. The van der Waals surface area contributed by atoms with Crippen LogP contribution in [0.3, 0.4) is 0 Å². The maximum Gasteiger partial charge on any atom is 0.262 e. The number of furan rings is 1. The van der Waals surface area contributed by atoms with Gasteiger partial charge in [0.05, 0.1) is 12.8 Å². The molecule has 0 radical (unpaired) electrons. The number of aromatic nitrogens is 1. The van der Waals surface area contributed by atoms with Gasteiger partial charge >= 0.3 is 0 Å². The van der Waals surface area contributed by atoms with Crippen LogP contribution in [0.2, 0.25) is 0 Å². The van der Waals surface area contributed by atoms with Gasteiger partial charge in [-0.2, -0.15) is 5.26 Å². The van der Waals surface area contributed by atoms with Crippen LogP contribution in [0.25, 0.3) is 11.8 Å². The highest BCUT2D eigenvalue weighted by Gasteiger charge is 2.13. The van der Waals surface area contributed by atoms with Crippen LogP contribution in [0.15, 0.2) is 64.8 Å². The minimum absolute atomic E-state index is 0.0601. The Balaban J connectivity index is 1.85. The fraction of sp³-hybridized carbons (Fsp3) is 0.143. The molecule has 0 aliphatic rings. The summed E-state index contributed by atoms with van der Waals surface area (Å²) in [7, 11) is 0. The molecule has 1 amide bonds. The molecule has 0 unspecified atom stereocenters. The van der Waals surface area contributed by atoms with E-state index in [4.69, 9.17) is 4.42 Å². The van der Waals surface area contributed by atoms with Crippen molar-refractivity contribution in [2.45, 2.75) is 20.4 Å². The minimum atomic E-state index is -0.423. The number of rotatable bonds is 5. The number of carbonyl (C=O) groups is 1. The van der Waals surface area contributed by atoms with Crippen molar-refractivity contribution < 1.29 is 9.21 Å². The Kier molecular flexibility index (Phi) is 5.04. The second-order valence-corrected chi connectivity index (χ2v) is 5.93. The van der Waals surface area contributed by atoms with Crippen LogP contribution < -0.4 is 5.32 Å². The number of amides is 1. The maximum atomic E-state index is 12.3. The van der Waals surface area contributed by atoms with E-state index in [0.717, 1.165) is 22.6 Å². The molecule has 1 N–H and O–H groups in total. The molecule has 5 heteroatoms. The van der Waals surface area contributed by atoms with Gasteiger partial charge in [-0.25, -0.2) is 0 Å². The fourth-order valence-electron chi connectivity index (χ4n) is 2.89. The van der Waals surface area contributed by atoms with Crippen LogP contribution in [0.5, 0.6) is 0 Å². The summed E-state index contributed by atoms with van der Waals surface area (Å²) in [5.74, 6) is 0.214. The second-order valence-electron chi connectivity index (χ2n) is 5.93. The molecule has 1 aromatic carbocycles. The maximum absolute atomic E-state index is 12.3. The molecule has 5 nitrogen and oxygen atoms in total. The molecule has 0 aliphatic carbocycles. The Morgan fingerprint density at radius 3 is 2.65 bits per heavy atom. The molecule has 2 heterocycles. The van der Waals surface area contributed by atoms with Crippen molar-refractivity contribution in [3.8, 4) is 11.8 Å². The highest BCUT2D eigenvalue weighted by molar-refractivity contribution is 6.01. The third-order valence-electron chi connectivity index (χ3n) is 4.15. The van der Waals surface area contributed by atoms with Crippen molar-refractivity contribution in [1.82, 2.24) is 9.88 Å². The molecule has 0 saturated carbocycles. The SMILES string of the molecule is Cc1cc(/C=C(\C#N)C(=O)NCc2ccco2)c(C)n1-c1ccccc1. The zero-order valence-electron chi connectivity index (χ0n) is 14.7. The number of hydrogen-bond donors (Lipinski definition) is 1. The second kappa shape index (κ2) is 7.58. The van der Waals surface area contributed by atoms with Gasteiger partial charge in [-0.15, -0.1) is 0 Å². The van der Waals surface area contributed by atoms with E-state index in [-0.39, 0.29) is 12.1 Å². The molecule has 0 bridgehead atoms. The monoisotopic (exact) mass is 345 g/mol. The summed E-state index contributed by atoms with van der Waals surface area (Å²) in [5, 5.41) is 12.1. The van der Waals surface area contributed by atoms with E-state index in [2.05, 4.69) is 9.88 Å². The van der Waals surface area contributed by atoms with Crippen LogP contribution in [0, 0.1) is 25.2 Å². The van der Waals surface area contributed by atoms with E-state index in [1.807, 2.05) is 56.3 Å². The molecular weight excluding hydrogens is 326 g/mol. The quantitative estimate of drug-likeness (QED) is 0.563. The summed E-state index contributed by atoms with van der Waals surface area (Å²) in [5.41, 5.74) is 3.96. The molecule has 2 aromatic heterocycles. The van der Waals surface area contributed by atoms with E-state index in [1.54, 1.807) is 24.5 Å². The third-order valence-corrected chi connectivity index (χ3v) is 4.15. The van der Waals surface area contributed by atoms with Crippen LogP contribution in [0.1, 0.15) is 22.7 Å². The first-order valence-corrected chi connectivity index (χ1v) is 8.27. The molecule has 0 saturated heterocycles. The van der Waals surface area contributed by atoms with E-state index in [1.165, 1.54) is 0 Å². The van der Waals surface area contributed by atoms with Gasteiger partial charge in [0, 0.05) is 17.1 Å². The van der Waals surface area contributed by atoms with Gasteiger partial charge in [0.15, 0.2) is 0 Å². The molecule has 0 fully saturated rings. The molecule has 3 aromatic rings. The molecule has 3 rings (SSSR count). The first-order valence-electron chi connectivity index (χ1n) is 8.27.